The molecule has 0 aromatic carbocycles. The third-order valence-electron chi connectivity index (χ3n) is 2.89. The summed E-state index contributed by atoms with van der Waals surface area (Å²) in [7, 11) is 1.85. The lowest BCUT2D eigenvalue weighted by Crippen LogP contribution is -2.08. The minimum absolute atomic E-state index is 0.794. The second-order valence-corrected chi connectivity index (χ2v) is 4.14. The van der Waals surface area contributed by atoms with Crippen LogP contribution in [0, 0.1) is 0 Å². The molecule has 0 unspecified atom stereocenters. The molecule has 0 aromatic rings. The van der Waals surface area contributed by atoms with Gasteiger partial charge >= 0.3 is 0 Å². The van der Waals surface area contributed by atoms with Crippen molar-refractivity contribution in [1.29, 1.82) is 0 Å². The predicted molar refractivity (Wildman–Crippen MR) is 68.1 cm³/mol. The molecule has 2 aliphatic heterocycles. The Hall–Kier alpha value is -1.65. The molecule has 0 bridgehead atoms. The van der Waals surface area contributed by atoms with Gasteiger partial charge in [0.1, 0.15) is 12.0 Å². The first-order valence-corrected chi connectivity index (χ1v) is 6.20. The number of nitrogens with one attached hydrogen (secondary N) is 1. The molecule has 0 fully saturated rings. The molecule has 5 heteroatoms. The van der Waals surface area contributed by atoms with Crippen molar-refractivity contribution in [2.75, 3.05) is 12.4 Å². The minimum Gasteiger partial charge on any atom is -0.371 e. The molecule has 0 aromatic heterocycles. The van der Waals surface area contributed by atoms with Crippen molar-refractivity contribution < 1.29 is 0 Å². The first-order valence-electron chi connectivity index (χ1n) is 6.20. The second-order valence-electron chi connectivity index (χ2n) is 4.14. The van der Waals surface area contributed by atoms with Crippen molar-refractivity contribution in [2.45, 2.75) is 39.2 Å². The van der Waals surface area contributed by atoms with Gasteiger partial charge in [0.25, 0.3) is 0 Å². The number of anilines is 1. The van der Waals surface area contributed by atoms with Crippen molar-refractivity contribution in [3.63, 3.8) is 0 Å². The van der Waals surface area contributed by atoms with E-state index in [1.54, 1.807) is 6.33 Å². The van der Waals surface area contributed by atoms with E-state index >= 15 is 0 Å². The van der Waals surface area contributed by atoms with Gasteiger partial charge in [-0.2, -0.15) is 0 Å². The number of rotatable bonds is 6. The second kappa shape index (κ2) is 5.61. The maximum absolute atomic E-state index is 4.35. The van der Waals surface area contributed by atoms with Gasteiger partial charge in [0.2, 0.25) is 0 Å². The van der Waals surface area contributed by atoms with E-state index in [-0.39, 0.29) is 0 Å². The molecule has 0 saturated carbocycles. The summed E-state index contributed by atoms with van der Waals surface area (Å²) in [6.45, 7) is 3.18. The van der Waals surface area contributed by atoms with Crippen molar-refractivity contribution in [1.82, 2.24) is 19.5 Å². The van der Waals surface area contributed by atoms with Crippen LogP contribution in [0.3, 0.4) is 0 Å². The summed E-state index contributed by atoms with van der Waals surface area (Å²) in [6.07, 6.45) is 8.41. The van der Waals surface area contributed by atoms with Crippen molar-refractivity contribution in [3.05, 3.63) is 12.7 Å². The van der Waals surface area contributed by atoms with E-state index in [1.165, 1.54) is 25.7 Å². The van der Waals surface area contributed by atoms with Crippen LogP contribution in [-0.4, -0.2) is 26.6 Å². The van der Waals surface area contributed by atoms with Crippen molar-refractivity contribution >= 4 is 5.82 Å². The topological polar surface area (TPSA) is 55.6 Å². The van der Waals surface area contributed by atoms with Gasteiger partial charge in [-0.3, -0.25) is 0 Å². The van der Waals surface area contributed by atoms with Crippen LogP contribution in [0.15, 0.2) is 12.7 Å². The fourth-order valence-electron chi connectivity index (χ4n) is 1.94. The summed E-state index contributed by atoms with van der Waals surface area (Å²) in [6, 6.07) is 0. The lowest BCUT2D eigenvalue weighted by atomic mass is 10.2. The van der Waals surface area contributed by atoms with Crippen LogP contribution in [0.4, 0.5) is 5.82 Å². The molecule has 0 atom stereocenters. The van der Waals surface area contributed by atoms with Crippen LogP contribution < -0.4 is 5.32 Å². The number of hydrogen-bond acceptors (Lipinski definition) is 4. The average molecular weight is 233 g/mol. The van der Waals surface area contributed by atoms with E-state index in [2.05, 4.69) is 31.8 Å². The van der Waals surface area contributed by atoms with E-state index in [0.29, 0.717) is 0 Å². The van der Waals surface area contributed by atoms with Crippen LogP contribution in [0.25, 0.3) is 11.5 Å². The molecule has 0 amide bonds. The zero-order valence-corrected chi connectivity index (χ0v) is 10.5. The Balaban J connectivity index is 2.10. The number of imidazole rings is 1. The highest BCUT2D eigenvalue weighted by Crippen LogP contribution is 2.23. The average Bonchev–Trinajstić information content (AvgIpc) is 2.84. The first kappa shape index (κ1) is 11.8. The van der Waals surface area contributed by atoms with Gasteiger partial charge in [-0.1, -0.05) is 26.2 Å². The Morgan fingerprint density at radius 2 is 2.06 bits per heavy atom. The highest BCUT2D eigenvalue weighted by molar-refractivity contribution is 5.66. The molecule has 0 spiro atoms. The van der Waals surface area contributed by atoms with E-state index in [1.807, 2.05) is 13.4 Å². The van der Waals surface area contributed by atoms with Crippen molar-refractivity contribution in [3.8, 4) is 11.5 Å². The number of nitrogens with zero attached hydrogens (tertiary/aromatic N) is 4. The highest BCUT2D eigenvalue weighted by Gasteiger charge is 2.15. The minimum atomic E-state index is 0.794. The maximum Gasteiger partial charge on any atom is 0.165 e. The summed E-state index contributed by atoms with van der Waals surface area (Å²) in [4.78, 5) is 12.9. The van der Waals surface area contributed by atoms with E-state index < -0.39 is 0 Å². The Kier molecular flexibility index (Phi) is 3.90. The molecule has 92 valence electrons. The predicted octanol–water partition coefficient (Wildman–Crippen LogP) is 2.40. The fourth-order valence-corrected chi connectivity index (χ4v) is 1.94. The van der Waals surface area contributed by atoms with Gasteiger partial charge < -0.3 is 9.88 Å². The molecule has 0 radical (unpaired) electrons. The summed E-state index contributed by atoms with van der Waals surface area (Å²) in [5, 5.41) is 3.03. The lowest BCUT2D eigenvalue weighted by Gasteiger charge is -2.12. The normalized spacial score (nSPS) is 10.9. The molecule has 0 saturated heterocycles. The smallest absolute Gasteiger partial charge is 0.165 e. The van der Waals surface area contributed by atoms with E-state index in [9.17, 15) is 0 Å². The van der Waals surface area contributed by atoms with E-state index in [4.69, 9.17) is 0 Å². The summed E-state index contributed by atoms with van der Waals surface area (Å²) in [5.41, 5.74) is 0.852. The molecule has 2 heterocycles. The maximum atomic E-state index is 4.35. The number of fused-ring (bicyclic) bond motifs is 1. The molecule has 17 heavy (non-hydrogen) atoms. The van der Waals surface area contributed by atoms with Gasteiger partial charge in [-0.15, -0.1) is 0 Å². The molecular formula is C12H19N5. The summed E-state index contributed by atoms with van der Waals surface area (Å²) < 4.78 is 2.08. The zero-order valence-electron chi connectivity index (χ0n) is 10.5. The standard InChI is InChI=1S/C12H19N5/c1-3-4-5-6-7-17-9-16-11(13-2)10-12(17)15-8-14-10/h8-9,13H,3-7H2,1-2H3. The van der Waals surface area contributed by atoms with Crippen LogP contribution in [0.5, 0.6) is 0 Å². The SMILES string of the molecule is CCCCCCn1cnc(NC)c2ncnc1-2. The summed E-state index contributed by atoms with van der Waals surface area (Å²) >= 11 is 0. The first-order chi connectivity index (χ1) is 8.36. The van der Waals surface area contributed by atoms with Gasteiger partial charge in [0.05, 0.1) is 6.33 Å². The Bertz CT molecular complexity index is 437. The molecular weight excluding hydrogens is 214 g/mol. The highest BCUT2D eigenvalue weighted by atomic mass is 15.2. The van der Waals surface area contributed by atoms with Crippen LogP contribution >= 0.6 is 0 Å². The van der Waals surface area contributed by atoms with Gasteiger partial charge in [-0.05, 0) is 6.42 Å². The van der Waals surface area contributed by atoms with Crippen LogP contribution in [-0.2, 0) is 6.54 Å². The Morgan fingerprint density at radius 1 is 1.18 bits per heavy atom. The molecule has 0 aliphatic carbocycles. The number of aryl methyl sites for hydroxylation is 1. The third kappa shape index (κ3) is 2.54. The van der Waals surface area contributed by atoms with Crippen LogP contribution in [0.1, 0.15) is 32.6 Å². The van der Waals surface area contributed by atoms with Gasteiger partial charge in [-0.25, -0.2) is 15.0 Å². The zero-order chi connectivity index (χ0) is 12.1. The van der Waals surface area contributed by atoms with Crippen LogP contribution in [0.2, 0.25) is 0 Å². The number of hydrogen-bond donors (Lipinski definition) is 1. The molecule has 2 rings (SSSR count). The number of aromatic nitrogens is 4. The lowest BCUT2D eigenvalue weighted by molar-refractivity contribution is 0.575. The molecule has 2 aliphatic rings. The number of unbranched alkanes of at least 4 members (excludes halogenated alkanes) is 3. The third-order valence-corrected chi connectivity index (χ3v) is 2.89. The Morgan fingerprint density at radius 3 is 2.82 bits per heavy atom. The molecule has 5 nitrogen and oxygen atoms in total. The summed E-state index contributed by atoms with van der Waals surface area (Å²) in [5.74, 6) is 1.71. The monoisotopic (exact) mass is 233 g/mol. The fraction of sp³-hybridized carbons (Fsp3) is 0.583. The van der Waals surface area contributed by atoms with E-state index in [0.717, 1.165) is 23.9 Å². The van der Waals surface area contributed by atoms with Gasteiger partial charge in [0, 0.05) is 13.6 Å². The largest absolute Gasteiger partial charge is 0.371 e. The molecule has 1 N–H and O–H groups in total. The van der Waals surface area contributed by atoms with Crippen molar-refractivity contribution in [2.24, 2.45) is 0 Å². The Labute approximate surface area is 102 Å². The van der Waals surface area contributed by atoms with Gasteiger partial charge in [0.15, 0.2) is 11.6 Å². The quantitative estimate of drug-likeness (QED) is 0.778.